The average Bonchev–Trinajstić information content (AvgIpc) is 3.82. The Hall–Kier alpha value is -6.12. The van der Waals surface area contributed by atoms with Crippen molar-refractivity contribution in [2.75, 3.05) is 13.2 Å². The molecule has 1 aliphatic carbocycles. The number of hydrogen-bond acceptors (Lipinski definition) is 6. The molecule has 0 spiro atoms. The number of amides is 1. The number of benzene rings is 5. The number of rotatable bonds is 14. The molecule has 6 aromatic rings. The second-order valence-electron chi connectivity index (χ2n) is 12.6. The number of fused-ring (bicyclic) bond motifs is 3. The zero-order valence-corrected chi connectivity index (χ0v) is 28.0. The molecular weight excluding hydrogens is 636 g/mol. The number of carbonyl (C=O) groups excluding carboxylic acids is 3. The van der Waals surface area contributed by atoms with Crippen molar-refractivity contribution in [3.63, 3.8) is 0 Å². The third kappa shape index (κ3) is 7.00. The van der Waals surface area contributed by atoms with Crippen molar-refractivity contribution in [3.05, 3.63) is 186 Å². The SMILES string of the molecule is O=C(CCNC(=O)[C@H](Cc1cnc[nH]1)NC(c1ccccc1)(c1ccccc1)c1ccccc1)C(=O)OCC1c2ccccc2-c2ccccc21. The van der Waals surface area contributed by atoms with E-state index >= 15 is 0 Å². The molecule has 0 fully saturated rings. The molecule has 0 radical (unpaired) electrons. The lowest BCUT2D eigenvalue weighted by Gasteiger charge is -2.39. The van der Waals surface area contributed by atoms with Crippen molar-refractivity contribution in [2.24, 2.45) is 0 Å². The van der Waals surface area contributed by atoms with Crippen LogP contribution < -0.4 is 10.6 Å². The number of ether oxygens (including phenoxy) is 1. The Labute approximate surface area is 296 Å². The highest BCUT2D eigenvalue weighted by molar-refractivity contribution is 6.33. The molecule has 8 heteroatoms. The molecule has 51 heavy (non-hydrogen) atoms. The normalized spacial score (nSPS) is 12.8. The lowest BCUT2D eigenvalue weighted by molar-refractivity contribution is -0.154. The van der Waals surface area contributed by atoms with Gasteiger partial charge in [-0.2, -0.15) is 0 Å². The summed E-state index contributed by atoms with van der Waals surface area (Å²) >= 11 is 0. The van der Waals surface area contributed by atoms with E-state index in [-0.39, 0.29) is 31.4 Å². The number of aromatic nitrogens is 2. The fraction of sp³-hybridized carbons (Fsp3) is 0.163. The lowest BCUT2D eigenvalue weighted by atomic mass is 9.76. The van der Waals surface area contributed by atoms with E-state index in [0.717, 1.165) is 44.6 Å². The largest absolute Gasteiger partial charge is 0.459 e. The molecule has 0 saturated heterocycles. The number of nitrogens with one attached hydrogen (secondary N) is 3. The quantitative estimate of drug-likeness (QED) is 0.0707. The maximum Gasteiger partial charge on any atom is 0.374 e. The first kappa shape index (κ1) is 33.4. The summed E-state index contributed by atoms with van der Waals surface area (Å²) in [6, 6.07) is 45.4. The molecule has 1 aromatic heterocycles. The number of H-pyrrole nitrogens is 1. The van der Waals surface area contributed by atoms with Crippen molar-refractivity contribution in [1.29, 1.82) is 0 Å². The third-order valence-electron chi connectivity index (χ3n) is 9.53. The third-order valence-corrected chi connectivity index (χ3v) is 9.53. The number of aromatic amines is 1. The van der Waals surface area contributed by atoms with Gasteiger partial charge in [0.2, 0.25) is 11.7 Å². The smallest absolute Gasteiger partial charge is 0.374 e. The second-order valence-corrected chi connectivity index (χ2v) is 12.6. The molecular formula is C43H38N4O4. The Morgan fingerprint density at radius 3 is 1.73 bits per heavy atom. The van der Waals surface area contributed by atoms with Crippen LogP contribution in [0.5, 0.6) is 0 Å². The van der Waals surface area contributed by atoms with Gasteiger partial charge in [-0.3, -0.25) is 14.9 Å². The van der Waals surface area contributed by atoms with Crippen LogP contribution in [0.15, 0.2) is 152 Å². The molecule has 254 valence electrons. The van der Waals surface area contributed by atoms with Crippen LogP contribution >= 0.6 is 0 Å². The van der Waals surface area contributed by atoms with E-state index < -0.39 is 23.3 Å². The Kier molecular flexibility index (Phi) is 9.94. The van der Waals surface area contributed by atoms with Crippen molar-refractivity contribution < 1.29 is 19.1 Å². The number of ketones is 1. The lowest BCUT2D eigenvalue weighted by Crippen LogP contribution is -2.56. The Balaban J connectivity index is 1.07. The van der Waals surface area contributed by atoms with Gasteiger partial charge >= 0.3 is 5.97 Å². The summed E-state index contributed by atoms with van der Waals surface area (Å²) in [6.07, 6.45) is 3.37. The molecule has 1 aliphatic rings. The van der Waals surface area contributed by atoms with E-state index in [0.29, 0.717) is 6.42 Å². The Bertz CT molecular complexity index is 1960. The van der Waals surface area contributed by atoms with Gasteiger partial charge in [0.15, 0.2) is 0 Å². The highest BCUT2D eigenvalue weighted by atomic mass is 16.5. The van der Waals surface area contributed by atoms with E-state index in [1.165, 1.54) is 0 Å². The number of hydrogen-bond donors (Lipinski definition) is 3. The maximum atomic E-state index is 14.1. The number of esters is 1. The summed E-state index contributed by atoms with van der Waals surface area (Å²) in [5, 5.41) is 6.66. The minimum Gasteiger partial charge on any atom is -0.459 e. The van der Waals surface area contributed by atoms with Crippen LogP contribution in [-0.2, 0) is 31.1 Å². The molecule has 3 N–H and O–H groups in total. The van der Waals surface area contributed by atoms with E-state index in [1.54, 1.807) is 12.5 Å². The van der Waals surface area contributed by atoms with E-state index in [9.17, 15) is 14.4 Å². The minimum atomic E-state index is -0.914. The van der Waals surface area contributed by atoms with Gasteiger partial charge in [0.05, 0.1) is 17.9 Å². The molecule has 0 unspecified atom stereocenters. The van der Waals surface area contributed by atoms with Gasteiger partial charge in [-0.05, 0) is 38.9 Å². The predicted octanol–water partition coefficient (Wildman–Crippen LogP) is 6.33. The van der Waals surface area contributed by atoms with Crippen LogP contribution in [0.3, 0.4) is 0 Å². The van der Waals surface area contributed by atoms with Crippen molar-refractivity contribution >= 4 is 17.7 Å². The summed E-state index contributed by atoms with van der Waals surface area (Å²) < 4.78 is 5.56. The van der Waals surface area contributed by atoms with E-state index in [1.807, 2.05) is 127 Å². The molecule has 1 heterocycles. The van der Waals surface area contributed by atoms with Gasteiger partial charge in [0, 0.05) is 37.2 Å². The molecule has 5 aromatic carbocycles. The first-order chi connectivity index (χ1) is 25.0. The summed E-state index contributed by atoms with van der Waals surface area (Å²) in [5.41, 5.74) is 7.07. The van der Waals surface area contributed by atoms with E-state index in [2.05, 4.69) is 32.7 Å². The summed E-state index contributed by atoms with van der Waals surface area (Å²) in [5.74, 6) is -2.07. The standard InChI is InChI=1S/C43H38N4O4/c48-40(42(50)51-28-38-36-22-12-10-20-34(36)35-21-11-13-23-37(35)38)24-25-45-41(49)39(26-33-27-44-29-46-33)47-43(30-14-4-1-5-15-30,31-16-6-2-7-17-31)32-18-8-3-9-19-32/h1-23,27,29,38-39,47H,24-26,28H2,(H,44,46)(H,45,49)/t39-/m0/s1. The van der Waals surface area contributed by atoms with Crippen LogP contribution in [0.4, 0.5) is 0 Å². The molecule has 0 bridgehead atoms. The topological polar surface area (TPSA) is 113 Å². The number of imidazole rings is 1. The molecule has 1 atom stereocenters. The molecule has 1 amide bonds. The van der Waals surface area contributed by atoms with Crippen LogP contribution in [-0.4, -0.2) is 46.8 Å². The van der Waals surface area contributed by atoms with Crippen molar-refractivity contribution in [2.45, 2.75) is 30.3 Å². The van der Waals surface area contributed by atoms with Crippen LogP contribution in [0.2, 0.25) is 0 Å². The molecule has 8 nitrogen and oxygen atoms in total. The summed E-state index contributed by atoms with van der Waals surface area (Å²) in [4.78, 5) is 47.3. The zero-order valence-electron chi connectivity index (χ0n) is 28.0. The first-order valence-corrected chi connectivity index (χ1v) is 17.1. The highest BCUT2D eigenvalue weighted by Crippen LogP contribution is 2.44. The Morgan fingerprint density at radius 1 is 0.706 bits per heavy atom. The highest BCUT2D eigenvalue weighted by Gasteiger charge is 2.40. The number of carbonyl (C=O) groups is 3. The van der Waals surface area contributed by atoms with Gasteiger partial charge in [-0.25, -0.2) is 9.78 Å². The maximum absolute atomic E-state index is 14.1. The van der Waals surface area contributed by atoms with Crippen molar-refractivity contribution in [1.82, 2.24) is 20.6 Å². The van der Waals surface area contributed by atoms with Crippen LogP contribution in [0, 0.1) is 0 Å². The monoisotopic (exact) mass is 674 g/mol. The second kappa shape index (κ2) is 15.2. The number of nitrogens with zero attached hydrogens (tertiary/aromatic N) is 1. The molecule has 0 saturated carbocycles. The molecule has 0 aliphatic heterocycles. The van der Waals surface area contributed by atoms with Gasteiger partial charge < -0.3 is 15.0 Å². The fourth-order valence-electron chi connectivity index (χ4n) is 7.10. The van der Waals surface area contributed by atoms with Gasteiger partial charge in [0.25, 0.3) is 0 Å². The fourth-order valence-corrected chi connectivity index (χ4v) is 7.10. The Morgan fingerprint density at radius 2 is 1.22 bits per heavy atom. The zero-order chi connectivity index (χ0) is 35.0. The summed E-state index contributed by atoms with van der Waals surface area (Å²) in [7, 11) is 0. The minimum absolute atomic E-state index is 0.0297. The van der Waals surface area contributed by atoms with Crippen LogP contribution in [0.1, 0.15) is 45.8 Å². The van der Waals surface area contributed by atoms with Gasteiger partial charge in [0.1, 0.15) is 6.61 Å². The summed E-state index contributed by atoms with van der Waals surface area (Å²) in [6.45, 7) is 0.0275. The average molecular weight is 675 g/mol. The van der Waals surface area contributed by atoms with E-state index in [4.69, 9.17) is 4.74 Å². The van der Waals surface area contributed by atoms with Crippen molar-refractivity contribution in [3.8, 4) is 11.1 Å². The first-order valence-electron chi connectivity index (χ1n) is 17.1. The molecule has 7 rings (SSSR count). The number of Topliss-reactive ketones (excluding diaryl/α,β-unsaturated/α-hetero) is 1. The van der Waals surface area contributed by atoms with Gasteiger partial charge in [-0.1, -0.05) is 140 Å². The predicted molar refractivity (Wildman–Crippen MR) is 196 cm³/mol. The van der Waals surface area contributed by atoms with Gasteiger partial charge in [-0.15, -0.1) is 0 Å². The van der Waals surface area contributed by atoms with Crippen LogP contribution in [0.25, 0.3) is 11.1 Å².